The Morgan fingerprint density at radius 2 is 1.88 bits per heavy atom. The summed E-state index contributed by atoms with van der Waals surface area (Å²) in [6, 6.07) is 7.33. The predicted octanol–water partition coefficient (Wildman–Crippen LogP) is 4.57. The molecule has 0 saturated heterocycles. The molecule has 0 atom stereocenters. The fourth-order valence-electron chi connectivity index (χ4n) is 3.81. The van der Waals surface area contributed by atoms with Gasteiger partial charge in [-0.1, -0.05) is 22.0 Å². The van der Waals surface area contributed by atoms with Crippen molar-refractivity contribution >= 4 is 49.0 Å². The van der Waals surface area contributed by atoms with E-state index in [1.807, 2.05) is 0 Å². The first-order valence-electron chi connectivity index (χ1n) is 10.3. The first-order chi connectivity index (χ1) is 15.5. The van der Waals surface area contributed by atoms with E-state index in [4.69, 9.17) is 0 Å². The topological polar surface area (TPSA) is 83.6 Å². The SMILES string of the molecule is O=C(CCS(=O)(=O)c1cc(Br)cc2c1N(C(=O)C1CC1)CC2)Nc1cccc(C(F)(F)F)c1. The zero-order valence-electron chi connectivity index (χ0n) is 17.3. The van der Waals surface area contributed by atoms with E-state index in [0.717, 1.165) is 36.6 Å². The maximum Gasteiger partial charge on any atom is 0.416 e. The lowest BCUT2D eigenvalue weighted by atomic mass is 10.2. The molecule has 176 valence electrons. The van der Waals surface area contributed by atoms with E-state index in [9.17, 15) is 31.2 Å². The highest BCUT2D eigenvalue weighted by molar-refractivity contribution is 9.10. The number of nitrogens with one attached hydrogen (secondary N) is 1. The molecule has 2 aliphatic rings. The van der Waals surface area contributed by atoms with Crippen LogP contribution in [0.4, 0.5) is 24.5 Å². The summed E-state index contributed by atoms with van der Waals surface area (Å²) in [5, 5.41) is 2.32. The zero-order chi connectivity index (χ0) is 24.0. The molecular weight excluding hydrogens is 525 g/mol. The van der Waals surface area contributed by atoms with E-state index < -0.39 is 39.7 Å². The van der Waals surface area contributed by atoms with Crippen LogP contribution in [0.3, 0.4) is 0 Å². The molecule has 0 radical (unpaired) electrons. The summed E-state index contributed by atoms with van der Waals surface area (Å²) in [5.74, 6) is -1.44. The van der Waals surface area contributed by atoms with E-state index in [1.54, 1.807) is 6.07 Å². The molecular formula is C22H20BrF3N2O4S. The summed E-state index contributed by atoms with van der Waals surface area (Å²) in [6.45, 7) is 0.402. The Kier molecular flexibility index (Phi) is 6.30. The van der Waals surface area contributed by atoms with Gasteiger partial charge in [0.25, 0.3) is 0 Å². The quantitative estimate of drug-likeness (QED) is 0.577. The average molecular weight is 545 g/mol. The zero-order valence-corrected chi connectivity index (χ0v) is 19.7. The number of carbonyl (C=O) groups is 2. The normalized spacial score (nSPS) is 15.9. The third-order valence-corrected chi connectivity index (χ3v) is 7.77. The molecule has 1 aliphatic carbocycles. The number of carbonyl (C=O) groups excluding carboxylic acids is 2. The minimum Gasteiger partial charge on any atom is -0.326 e. The third-order valence-electron chi connectivity index (χ3n) is 5.59. The molecule has 0 aromatic heterocycles. The molecule has 0 bridgehead atoms. The summed E-state index contributed by atoms with van der Waals surface area (Å²) in [4.78, 5) is 26.5. The number of hydrogen-bond acceptors (Lipinski definition) is 4. The van der Waals surface area contributed by atoms with Crippen LogP contribution in [0.2, 0.25) is 0 Å². The fraction of sp³-hybridized carbons (Fsp3) is 0.364. The highest BCUT2D eigenvalue weighted by Crippen LogP contribution is 2.41. The molecule has 0 spiro atoms. The van der Waals surface area contributed by atoms with Gasteiger partial charge < -0.3 is 10.2 Å². The van der Waals surface area contributed by atoms with Gasteiger partial charge in [-0.2, -0.15) is 13.2 Å². The Labute approximate surface area is 197 Å². The monoisotopic (exact) mass is 544 g/mol. The number of rotatable bonds is 6. The van der Waals surface area contributed by atoms with Gasteiger partial charge in [0.05, 0.1) is 21.9 Å². The van der Waals surface area contributed by atoms with Crippen molar-refractivity contribution in [3.8, 4) is 0 Å². The van der Waals surface area contributed by atoms with Gasteiger partial charge in [0.2, 0.25) is 11.8 Å². The molecule has 1 heterocycles. The molecule has 2 aromatic carbocycles. The maximum absolute atomic E-state index is 13.2. The summed E-state index contributed by atoms with van der Waals surface area (Å²) >= 11 is 3.31. The third kappa shape index (κ3) is 5.24. The average Bonchev–Trinajstić information content (AvgIpc) is 3.50. The lowest BCUT2D eigenvalue weighted by molar-refractivity contribution is -0.137. The van der Waals surface area contributed by atoms with Gasteiger partial charge in [0.15, 0.2) is 9.84 Å². The number of alkyl halides is 3. The smallest absolute Gasteiger partial charge is 0.326 e. The van der Waals surface area contributed by atoms with Crippen molar-refractivity contribution in [2.45, 2.75) is 36.8 Å². The first kappa shape index (κ1) is 23.7. The van der Waals surface area contributed by atoms with Crippen LogP contribution in [0.15, 0.2) is 45.8 Å². The number of nitrogens with zero attached hydrogens (tertiary/aromatic N) is 1. The van der Waals surface area contributed by atoms with Gasteiger partial charge in [0.1, 0.15) is 0 Å². The summed E-state index contributed by atoms with van der Waals surface area (Å²) in [6.07, 6.45) is -2.89. The highest BCUT2D eigenvalue weighted by atomic mass is 79.9. The van der Waals surface area contributed by atoms with Crippen molar-refractivity contribution in [2.75, 3.05) is 22.5 Å². The second-order valence-corrected chi connectivity index (χ2v) is 11.1. The molecule has 2 amide bonds. The van der Waals surface area contributed by atoms with Crippen LogP contribution < -0.4 is 10.2 Å². The number of halogens is 4. The molecule has 11 heteroatoms. The summed E-state index contributed by atoms with van der Waals surface area (Å²) in [5.41, 5.74) is 0.119. The molecule has 0 unspecified atom stereocenters. The molecule has 4 rings (SSSR count). The fourth-order valence-corrected chi connectivity index (χ4v) is 5.98. The van der Waals surface area contributed by atoms with Crippen molar-refractivity contribution in [1.82, 2.24) is 0 Å². The Morgan fingerprint density at radius 1 is 1.15 bits per heavy atom. The van der Waals surface area contributed by atoms with Crippen LogP contribution in [0.1, 0.15) is 30.4 Å². The first-order valence-corrected chi connectivity index (χ1v) is 12.7. The van der Waals surface area contributed by atoms with E-state index >= 15 is 0 Å². The summed E-state index contributed by atoms with van der Waals surface area (Å²) < 4.78 is 65.4. The van der Waals surface area contributed by atoms with Crippen molar-refractivity contribution in [1.29, 1.82) is 0 Å². The van der Waals surface area contributed by atoms with E-state index in [0.29, 0.717) is 23.1 Å². The van der Waals surface area contributed by atoms with Gasteiger partial charge in [-0.3, -0.25) is 9.59 Å². The molecule has 33 heavy (non-hydrogen) atoms. The minimum absolute atomic E-state index is 0.0229. The molecule has 6 nitrogen and oxygen atoms in total. The minimum atomic E-state index is -4.56. The summed E-state index contributed by atoms with van der Waals surface area (Å²) in [7, 11) is -3.96. The molecule has 1 N–H and O–H groups in total. The van der Waals surface area contributed by atoms with Crippen LogP contribution >= 0.6 is 15.9 Å². The number of amides is 2. The standard InChI is InChI=1S/C22H20BrF3N2O4S/c23-16-10-14-6-8-28(21(30)13-4-5-13)20(14)18(12-16)33(31,32)9-7-19(29)27-17-3-1-2-15(11-17)22(24,25)26/h1-3,10-13H,4-9H2,(H,27,29). The van der Waals surface area contributed by atoms with Crippen molar-refractivity contribution in [2.24, 2.45) is 5.92 Å². The number of anilines is 2. The van der Waals surface area contributed by atoms with Crippen molar-refractivity contribution in [3.63, 3.8) is 0 Å². The number of fused-ring (bicyclic) bond motifs is 1. The van der Waals surface area contributed by atoms with Gasteiger partial charge in [-0.25, -0.2) is 8.42 Å². The number of sulfone groups is 1. The van der Waals surface area contributed by atoms with Crippen molar-refractivity contribution < 1.29 is 31.2 Å². The Bertz CT molecular complexity index is 1230. The Balaban J connectivity index is 1.51. The van der Waals surface area contributed by atoms with Crippen LogP contribution in [-0.4, -0.2) is 32.5 Å². The maximum atomic E-state index is 13.2. The van der Waals surface area contributed by atoms with Crippen LogP contribution in [0.25, 0.3) is 0 Å². The molecule has 1 saturated carbocycles. The van der Waals surface area contributed by atoms with Crippen LogP contribution in [0, 0.1) is 5.92 Å². The Morgan fingerprint density at radius 3 is 2.55 bits per heavy atom. The molecule has 1 fully saturated rings. The molecule has 2 aromatic rings. The number of hydrogen-bond donors (Lipinski definition) is 1. The largest absolute Gasteiger partial charge is 0.416 e. The van der Waals surface area contributed by atoms with E-state index in [2.05, 4.69) is 21.2 Å². The van der Waals surface area contributed by atoms with E-state index in [-0.39, 0.29) is 22.4 Å². The Hall–Kier alpha value is -2.40. The second kappa shape index (κ2) is 8.75. The van der Waals surface area contributed by atoms with Gasteiger partial charge in [-0.05, 0) is 55.2 Å². The van der Waals surface area contributed by atoms with Gasteiger partial charge >= 0.3 is 6.18 Å². The lowest BCUT2D eigenvalue weighted by Gasteiger charge is -2.20. The highest BCUT2D eigenvalue weighted by Gasteiger charge is 2.39. The van der Waals surface area contributed by atoms with Crippen LogP contribution in [-0.2, 0) is 32.0 Å². The number of benzene rings is 2. The predicted molar refractivity (Wildman–Crippen MR) is 120 cm³/mol. The van der Waals surface area contributed by atoms with E-state index in [1.165, 1.54) is 17.0 Å². The van der Waals surface area contributed by atoms with Gasteiger partial charge in [-0.15, -0.1) is 0 Å². The van der Waals surface area contributed by atoms with Gasteiger partial charge in [0, 0.05) is 29.0 Å². The molecule has 1 aliphatic heterocycles. The lowest BCUT2D eigenvalue weighted by Crippen LogP contribution is -2.31. The van der Waals surface area contributed by atoms with Crippen LogP contribution in [0.5, 0.6) is 0 Å². The second-order valence-electron chi connectivity index (χ2n) is 8.12. The van der Waals surface area contributed by atoms with Crippen molar-refractivity contribution in [3.05, 3.63) is 52.0 Å².